The molecule has 1 aliphatic carbocycles. The Morgan fingerprint density at radius 3 is 2.29 bits per heavy atom. The fraction of sp³-hybridized carbons (Fsp3) is 0.404. The van der Waals surface area contributed by atoms with Crippen molar-refractivity contribution in [1.29, 1.82) is 0 Å². The summed E-state index contributed by atoms with van der Waals surface area (Å²) >= 11 is 0. The van der Waals surface area contributed by atoms with Crippen LogP contribution in [-0.2, 0) is 15.7 Å². The molecule has 0 bridgehead atoms. The highest BCUT2D eigenvalue weighted by atomic mass is 28.4. The molecule has 0 aliphatic heterocycles. The number of nitrogens with zero attached hydrogens (tertiary/aromatic N) is 1. The van der Waals surface area contributed by atoms with Crippen molar-refractivity contribution in [3.63, 3.8) is 0 Å². The molecule has 1 aliphatic rings. The van der Waals surface area contributed by atoms with E-state index in [9.17, 15) is 24.6 Å². The van der Waals surface area contributed by atoms with Crippen LogP contribution in [0, 0.1) is 0 Å². The summed E-state index contributed by atoms with van der Waals surface area (Å²) in [5.74, 6) is 0.744. The number of carboxylic acid groups (broad SMARTS) is 1. The number of phenolic OH excluding ortho intramolecular Hbond substituents is 1. The molecule has 4 aromatic carbocycles. The minimum atomic E-state index is -2.23. The van der Waals surface area contributed by atoms with Crippen molar-refractivity contribution in [3.05, 3.63) is 124 Å². The number of ether oxygens (including phenoxy) is 2. The molecular formula is C52H66N4O8Si. The molecular weight excluding hydrogens is 837 g/mol. The zero-order chi connectivity index (χ0) is 46.9. The monoisotopic (exact) mass is 902 g/mol. The van der Waals surface area contributed by atoms with Crippen LogP contribution in [0.3, 0.4) is 0 Å². The second-order valence-corrected chi connectivity index (χ2v) is 24.1. The average Bonchev–Trinajstić information content (AvgIpc) is 3.24. The third kappa shape index (κ3) is 12.9. The van der Waals surface area contributed by atoms with E-state index in [0.29, 0.717) is 48.6 Å². The number of anilines is 2. The molecule has 1 saturated carbocycles. The van der Waals surface area contributed by atoms with Crippen LogP contribution in [0.5, 0.6) is 11.5 Å². The summed E-state index contributed by atoms with van der Waals surface area (Å²) in [6, 6.07) is 27.9. The van der Waals surface area contributed by atoms with Gasteiger partial charge >= 0.3 is 12.2 Å². The number of aromatic nitrogens is 1. The number of carbonyl (C=O) groups is 2. The van der Waals surface area contributed by atoms with Crippen molar-refractivity contribution in [2.45, 2.75) is 122 Å². The molecule has 5 N–H and O–H groups in total. The van der Waals surface area contributed by atoms with Crippen molar-refractivity contribution in [2.24, 2.45) is 0 Å². The lowest BCUT2D eigenvalue weighted by Crippen LogP contribution is -2.43. The van der Waals surface area contributed by atoms with E-state index in [1.54, 1.807) is 39.0 Å². The molecule has 12 nitrogen and oxygen atoms in total. The van der Waals surface area contributed by atoms with Gasteiger partial charge in [-0.1, -0.05) is 101 Å². The fourth-order valence-electron chi connectivity index (χ4n) is 7.90. The van der Waals surface area contributed by atoms with Gasteiger partial charge in [-0.3, -0.25) is 15.0 Å². The molecule has 13 heteroatoms. The molecule has 0 saturated heterocycles. The molecule has 2 amide bonds. The van der Waals surface area contributed by atoms with E-state index in [1.165, 1.54) is 11.0 Å². The van der Waals surface area contributed by atoms with Crippen LogP contribution in [0.25, 0.3) is 28.1 Å². The number of amides is 2. The van der Waals surface area contributed by atoms with Crippen LogP contribution in [-0.4, -0.2) is 60.5 Å². The number of H-pyrrole nitrogens is 1. The number of hydrogen-bond donors (Lipinski definition) is 5. The maximum Gasteiger partial charge on any atom is 0.412 e. The van der Waals surface area contributed by atoms with E-state index >= 15 is 0 Å². The number of benzene rings is 4. The van der Waals surface area contributed by atoms with Gasteiger partial charge in [0.15, 0.2) is 8.32 Å². The van der Waals surface area contributed by atoms with Crippen LogP contribution < -0.4 is 25.8 Å². The first-order valence-electron chi connectivity index (χ1n) is 22.7. The van der Waals surface area contributed by atoms with E-state index < -0.39 is 26.1 Å². The molecule has 0 spiro atoms. The second-order valence-electron chi connectivity index (χ2n) is 19.4. The Labute approximate surface area is 384 Å². The van der Waals surface area contributed by atoms with Crippen molar-refractivity contribution < 1.29 is 33.7 Å². The van der Waals surface area contributed by atoms with Crippen molar-refractivity contribution in [3.8, 4) is 22.6 Å². The molecule has 1 atom stereocenters. The van der Waals surface area contributed by atoms with Gasteiger partial charge in [-0.2, -0.15) is 0 Å². The number of hydrogen-bond acceptors (Lipinski definition) is 8. The van der Waals surface area contributed by atoms with Crippen molar-refractivity contribution in [2.75, 3.05) is 23.4 Å². The third-order valence-corrected chi connectivity index (χ3v) is 16.7. The standard InChI is InChI=1S/C52H66N4O8Si/c1-51(2,3)63-49(59)54-43-32-44(56(50(60)61)38-20-13-10-14-21-38)42(36-17-11-9-12-18-36)31-37(43)19-15-16-30-62-39-24-22-35(23-25-39)33-53-34-46(64-65(7,8)52(4,5)6)40-26-28-45(57)48-41(40)27-29-47(58)55-48/h9,11-12,15,17-19,22-29,31-32,38,46,53,57H,10,13-14,16,20-21,30,33-34H2,1-8H3,(H,54,59)(H,55,58)(H,60,61)/b19-15+/t46-/m0/s1. The number of pyridine rings is 1. The molecule has 1 fully saturated rings. The van der Waals surface area contributed by atoms with Gasteiger partial charge in [0.2, 0.25) is 5.56 Å². The van der Waals surface area contributed by atoms with Gasteiger partial charge in [-0.05, 0) is 117 Å². The molecule has 0 radical (unpaired) electrons. The maximum atomic E-state index is 13.2. The van der Waals surface area contributed by atoms with E-state index in [4.69, 9.17) is 13.9 Å². The van der Waals surface area contributed by atoms with Crippen LogP contribution >= 0.6 is 0 Å². The van der Waals surface area contributed by atoms with Crippen LogP contribution in [0.2, 0.25) is 18.1 Å². The van der Waals surface area contributed by atoms with Gasteiger partial charge in [0.05, 0.1) is 29.6 Å². The van der Waals surface area contributed by atoms with Gasteiger partial charge in [-0.25, -0.2) is 9.59 Å². The maximum absolute atomic E-state index is 13.2. The number of rotatable bonds is 16. The van der Waals surface area contributed by atoms with E-state index in [1.807, 2.05) is 78.9 Å². The molecule has 6 rings (SSSR count). The Balaban J connectivity index is 1.15. The Morgan fingerprint density at radius 1 is 0.923 bits per heavy atom. The number of aromatic hydroxyl groups is 1. The van der Waals surface area contributed by atoms with Crippen LogP contribution in [0.15, 0.2) is 102 Å². The van der Waals surface area contributed by atoms with Crippen molar-refractivity contribution in [1.82, 2.24) is 10.3 Å². The largest absolute Gasteiger partial charge is 0.506 e. The molecule has 65 heavy (non-hydrogen) atoms. The Morgan fingerprint density at radius 2 is 1.63 bits per heavy atom. The highest BCUT2D eigenvalue weighted by Gasteiger charge is 2.40. The van der Waals surface area contributed by atoms with Gasteiger partial charge in [0.25, 0.3) is 0 Å². The molecule has 346 valence electrons. The quantitative estimate of drug-likeness (QED) is 0.0479. The number of carbonyl (C=O) groups excluding carboxylic acids is 1. The Bertz CT molecular complexity index is 2500. The zero-order valence-electron chi connectivity index (χ0n) is 39.1. The van der Waals surface area contributed by atoms with E-state index in [0.717, 1.165) is 65.5 Å². The van der Waals surface area contributed by atoms with Gasteiger partial charge < -0.3 is 34.4 Å². The van der Waals surface area contributed by atoms with Gasteiger partial charge in [0.1, 0.15) is 17.1 Å². The first-order valence-corrected chi connectivity index (χ1v) is 25.6. The fourth-order valence-corrected chi connectivity index (χ4v) is 9.18. The van der Waals surface area contributed by atoms with Crippen LogP contribution in [0.1, 0.15) is 103 Å². The van der Waals surface area contributed by atoms with Gasteiger partial charge in [0, 0.05) is 36.1 Å². The predicted molar refractivity (Wildman–Crippen MR) is 264 cm³/mol. The summed E-state index contributed by atoms with van der Waals surface area (Å²) in [5, 5.41) is 28.4. The molecule has 1 aromatic heterocycles. The lowest BCUT2D eigenvalue weighted by atomic mass is 9.92. The summed E-state index contributed by atoms with van der Waals surface area (Å²) < 4.78 is 18.7. The topological polar surface area (TPSA) is 162 Å². The minimum Gasteiger partial charge on any atom is -0.506 e. The average molecular weight is 903 g/mol. The van der Waals surface area contributed by atoms with E-state index in [2.05, 4.69) is 49.5 Å². The first kappa shape index (κ1) is 48.6. The lowest BCUT2D eigenvalue weighted by Gasteiger charge is -2.39. The molecule has 0 unspecified atom stereocenters. The Kier molecular flexibility index (Phi) is 15.7. The first-order chi connectivity index (χ1) is 30.8. The van der Waals surface area contributed by atoms with Crippen LogP contribution in [0.4, 0.5) is 21.0 Å². The summed E-state index contributed by atoms with van der Waals surface area (Å²) in [7, 11) is -2.23. The summed E-state index contributed by atoms with van der Waals surface area (Å²) in [6.07, 6.45) is 7.05. The number of fused-ring (bicyclic) bond motifs is 1. The number of nitrogens with one attached hydrogen (secondary N) is 3. The second kappa shape index (κ2) is 20.9. The molecule has 1 heterocycles. The summed E-state index contributed by atoms with van der Waals surface area (Å²) in [5.41, 5.74) is 4.64. The normalized spacial score (nSPS) is 14.3. The SMILES string of the molecule is CC(C)(C)OC(=O)Nc1cc(N(C(=O)O)C2CCCCC2)c(-c2ccccc2)cc1/C=C/CCOc1ccc(CNC[C@H](O[Si](C)(C)C(C)(C)C)c2ccc(O)c3[nH]c(=O)ccc23)cc1. The number of phenols is 1. The lowest BCUT2D eigenvalue weighted by molar-refractivity contribution is 0.0635. The zero-order valence-corrected chi connectivity index (χ0v) is 40.1. The third-order valence-electron chi connectivity index (χ3n) is 12.2. The van der Waals surface area contributed by atoms with Crippen molar-refractivity contribution >= 4 is 48.9 Å². The summed E-state index contributed by atoms with van der Waals surface area (Å²) in [6.45, 7) is 17.9. The summed E-state index contributed by atoms with van der Waals surface area (Å²) in [4.78, 5) is 42.5. The predicted octanol–water partition coefficient (Wildman–Crippen LogP) is 12.4. The minimum absolute atomic E-state index is 0.0169. The Hall–Kier alpha value is -5.89. The number of aromatic amines is 1. The molecule has 5 aromatic rings. The van der Waals surface area contributed by atoms with Gasteiger partial charge in [-0.15, -0.1) is 0 Å². The smallest absolute Gasteiger partial charge is 0.412 e. The van der Waals surface area contributed by atoms with E-state index in [-0.39, 0.29) is 28.5 Å². The highest BCUT2D eigenvalue weighted by molar-refractivity contribution is 6.74. The highest BCUT2D eigenvalue weighted by Crippen LogP contribution is 2.42.